The number of methoxy groups -OCH3 is 1. The minimum atomic E-state index is -3.26. The molecule has 0 bridgehead atoms. The van der Waals surface area contributed by atoms with Crippen LogP contribution in [0, 0.1) is 0 Å². The lowest BCUT2D eigenvalue weighted by molar-refractivity contribution is -0.122. The van der Waals surface area contributed by atoms with Crippen molar-refractivity contribution in [2.24, 2.45) is 0 Å². The Kier molecular flexibility index (Phi) is 4.47. The highest BCUT2D eigenvalue weighted by molar-refractivity contribution is 7.94. The van der Waals surface area contributed by atoms with Gasteiger partial charge >= 0.3 is 0 Å². The zero-order valence-corrected chi connectivity index (χ0v) is 12.4. The molecule has 2 rings (SSSR count). The second kappa shape index (κ2) is 5.95. The van der Waals surface area contributed by atoms with E-state index in [-0.39, 0.29) is 18.3 Å². The number of benzene rings is 1. The maximum absolute atomic E-state index is 12.2. The summed E-state index contributed by atoms with van der Waals surface area (Å²) in [5, 5.41) is 1.61. The van der Waals surface area contributed by atoms with Crippen LogP contribution in [-0.2, 0) is 19.4 Å². The summed E-state index contributed by atoms with van der Waals surface area (Å²) in [7, 11) is -1.84. The van der Waals surface area contributed by atoms with Crippen molar-refractivity contribution in [2.45, 2.75) is 6.04 Å². The number of hydrogen-bond acceptors (Lipinski definition) is 4. The van der Waals surface area contributed by atoms with Crippen LogP contribution in [0.4, 0.5) is 5.69 Å². The second-order valence-corrected chi connectivity index (χ2v) is 6.77. The molecule has 0 fully saturated rings. The van der Waals surface area contributed by atoms with Gasteiger partial charge in [0.05, 0.1) is 11.8 Å². The molecule has 1 heterocycles. The van der Waals surface area contributed by atoms with Crippen LogP contribution in [0.25, 0.3) is 0 Å². The molecule has 0 aromatic heterocycles. The van der Waals surface area contributed by atoms with Gasteiger partial charge in [-0.1, -0.05) is 17.7 Å². The number of sulfone groups is 1. The fraction of sp³-hybridized carbons (Fsp3) is 0.308. The number of anilines is 1. The monoisotopic (exact) mass is 315 g/mol. The summed E-state index contributed by atoms with van der Waals surface area (Å²) in [5.41, 5.74) is 0.548. The van der Waals surface area contributed by atoms with Gasteiger partial charge in [0.2, 0.25) is 0 Å². The summed E-state index contributed by atoms with van der Waals surface area (Å²) in [6.07, 6.45) is 1.50. The highest BCUT2D eigenvalue weighted by Crippen LogP contribution is 2.25. The van der Waals surface area contributed by atoms with Crippen molar-refractivity contribution in [1.29, 1.82) is 0 Å². The third kappa shape index (κ3) is 3.39. The molecule has 1 aromatic rings. The van der Waals surface area contributed by atoms with Crippen LogP contribution >= 0.6 is 11.6 Å². The van der Waals surface area contributed by atoms with Crippen molar-refractivity contribution in [3.63, 3.8) is 0 Å². The van der Waals surface area contributed by atoms with Crippen molar-refractivity contribution < 1.29 is 17.9 Å². The van der Waals surface area contributed by atoms with E-state index in [1.54, 1.807) is 24.3 Å². The van der Waals surface area contributed by atoms with Crippen LogP contribution in [-0.4, -0.2) is 39.8 Å². The van der Waals surface area contributed by atoms with E-state index >= 15 is 0 Å². The molecule has 0 saturated carbocycles. The highest BCUT2D eigenvalue weighted by atomic mass is 35.5. The minimum Gasteiger partial charge on any atom is -0.375 e. The smallest absolute Gasteiger partial charge is 0.253 e. The summed E-state index contributed by atoms with van der Waals surface area (Å²) in [6, 6.07) is 6.18. The molecule has 0 saturated heterocycles. The minimum absolute atomic E-state index is 0.128. The number of halogens is 1. The predicted molar refractivity (Wildman–Crippen MR) is 77.5 cm³/mol. The first kappa shape index (κ1) is 15.0. The van der Waals surface area contributed by atoms with E-state index in [1.807, 2.05) is 0 Å². The summed E-state index contributed by atoms with van der Waals surface area (Å²) in [6.45, 7) is -0.128. The van der Waals surface area contributed by atoms with Gasteiger partial charge in [-0.2, -0.15) is 0 Å². The van der Waals surface area contributed by atoms with Crippen LogP contribution in [0.2, 0.25) is 5.02 Å². The van der Waals surface area contributed by atoms with Gasteiger partial charge in [0.25, 0.3) is 5.91 Å². The molecule has 0 spiro atoms. The zero-order chi connectivity index (χ0) is 14.8. The average Bonchev–Trinajstić information content (AvgIpc) is 2.70. The van der Waals surface area contributed by atoms with Crippen LogP contribution in [0.15, 0.2) is 35.7 Å². The van der Waals surface area contributed by atoms with Crippen LogP contribution in [0.5, 0.6) is 0 Å². The van der Waals surface area contributed by atoms with Crippen molar-refractivity contribution in [1.82, 2.24) is 0 Å². The number of amides is 1. The molecule has 108 valence electrons. The Labute approximate surface area is 122 Å². The predicted octanol–water partition coefficient (Wildman–Crippen LogP) is 1.63. The summed E-state index contributed by atoms with van der Waals surface area (Å²) < 4.78 is 27.9. The Morgan fingerprint density at radius 2 is 2.25 bits per heavy atom. The van der Waals surface area contributed by atoms with Crippen LogP contribution in [0.1, 0.15) is 0 Å². The lowest BCUT2D eigenvalue weighted by Crippen LogP contribution is -2.43. The Hall–Kier alpha value is -1.37. The molecular formula is C13H14ClNO4S. The molecule has 0 aliphatic carbocycles. The molecule has 7 heteroatoms. The topological polar surface area (TPSA) is 63.7 Å². The lowest BCUT2D eigenvalue weighted by atomic mass is 10.2. The van der Waals surface area contributed by atoms with Crippen molar-refractivity contribution in [3.05, 3.63) is 40.8 Å². The number of rotatable bonds is 4. The van der Waals surface area contributed by atoms with E-state index in [0.29, 0.717) is 10.7 Å². The van der Waals surface area contributed by atoms with Gasteiger partial charge in [0.1, 0.15) is 6.61 Å². The molecule has 5 nitrogen and oxygen atoms in total. The molecule has 1 atom stereocenters. The summed E-state index contributed by atoms with van der Waals surface area (Å²) >= 11 is 5.93. The molecule has 20 heavy (non-hydrogen) atoms. The van der Waals surface area contributed by atoms with Gasteiger partial charge in [-0.3, -0.25) is 4.79 Å². The fourth-order valence-corrected chi connectivity index (χ4v) is 3.51. The number of nitrogens with zero attached hydrogens (tertiary/aromatic N) is 1. The maximum atomic E-state index is 12.2. The SMILES string of the molecule is COCC(=O)N(c1cccc(Cl)c1)[C@@H]1C=CS(=O)(=O)C1. The summed E-state index contributed by atoms with van der Waals surface area (Å²) in [4.78, 5) is 13.6. The number of carbonyl (C=O) groups is 1. The van der Waals surface area contributed by atoms with E-state index in [2.05, 4.69) is 0 Å². The average molecular weight is 316 g/mol. The first-order valence-corrected chi connectivity index (χ1v) is 8.00. The van der Waals surface area contributed by atoms with E-state index in [4.69, 9.17) is 16.3 Å². The van der Waals surface area contributed by atoms with E-state index in [9.17, 15) is 13.2 Å². The lowest BCUT2D eigenvalue weighted by Gasteiger charge is -2.27. The van der Waals surface area contributed by atoms with E-state index in [1.165, 1.54) is 18.1 Å². The van der Waals surface area contributed by atoms with Crippen molar-refractivity contribution in [2.75, 3.05) is 24.4 Å². The quantitative estimate of drug-likeness (QED) is 0.847. The van der Waals surface area contributed by atoms with Gasteiger partial charge in [-0.25, -0.2) is 8.42 Å². The van der Waals surface area contributed by atoms with E-state index < -0.39 is 15.9 Å². The number of ether oxygens (including phenoxy) is 1. The van der Waals surface area contributed by atoms with Crippen molar-refractivity contribution >= 4 is 33.0 Å². The maximum Gasteiger partial charge on any atom is 0.253 e. The van der Waals surface area contributed by atoms with Gasteiger partial charge in [-0.15, -0.1) is 0 Å². The first-order chi connectivity index (χ1) is 9.43. The largest absolute Gasteiger partial charge is 0.375 e. The molecule has 0 unspecified atom stereocenters. The van der Waals surface area contributed by atoms with Gasteiger partial charge in [0, 0.05) is 23.2 Å². The molecular weight excluding hydrogens is 302 g/mol. The molecule has 0 N–H and O–H groups in total. The molecule has 0 radical (unpaired) electrons. The normalized spacial score (nSPS) is 20.0. The first-order valence-electron chi connectivity index (χ1n) is 5.90. The molecule has 1 aliphatic rings. The second-order valence-electron chi connectivity index (χ2n) is 4.40. The molecule has 1 amide bonds. The zero-order valence-electron chi connectivity index (χ0n) is 10.8. The van der Waals surface area contributed by atoms with Crippen LogP contribution < -0.4 is 4.90 Å². The molecule has 1 aliphatic heterocycles. The Bertz CT molecular complexity index is 642. The van der Waals surface area contributed by atoms with Crippen LogP contribution in [0.3, 0.4) is 0 Å². The third-order valence-corrected chi connectivity index (χ3v) is 4.48. The number of hydrogen-bond donors (Lipinski definition) is 0. The highest BCUT2D eigenvalue weighted by Gasteiger charge is 2.31. The number of carbonyl (C=O) groups excluding carboxylic acids is 1. The van der Waals surface area contributed by atoms with Gasteiger partial charge in [-0.05, 0) is 24.3 Å². The van der Waals surface area contributed by atoms with E-state index in [0.717, 1.165) is 5.41 Å². The van der Waals surface area contributed by atoms with Crippen molar-refractivity contribution in [3.8, 4) is 0 Å². The Morgan fingerprint density at radius 1 is 1.50 bits per heavy atom. The summed E-state index contributed by atoms with van der Waals surface area (Å²) in [5.74, 6) is -0.448. The van der Waals surface area contributed by atoms with Gasteiger partial charge < -0.3 is 9.64 Å². The Balaban J connectivity index is 2.36. The fourth-order valence-electron chi connectivity index (χ4n) is 2.06. The van der Waals surface area contributed by atoms with Gasteiger partial charge in [0.15, 0.2) is 9.84 Å². The third-order valence-electron chi connectivity index (χ3n) is 2.87. The molecule has 1 aromatic carbocycles. The standard InChI is InChI=1S/C13H14ClNO4S/c1-19-8-13(16)15(11-4-2-3-10(14)7-11)12-5-6-20(17,18)9-12/h2-7,12H,8-9H2,1H3/t12-/m1/s1. The Morgan fingerprint density at radius 3 is 2.80 bits per heavy atom.